The van der Waals surface area contributed by atoms with Crippen molar-refractivity contribution >= 4 is 11.4 Å². The first kappa shape index (κ1) is 17.2. The molecule has 27 heavy (non-hydrogen) atoms. The molecule has 134 valence electrons. The summed E-state index contributed by atoms with van der Waals surface area (Å²) in [5, 5.41) is 0. The lowest BCUT2D eigenvalue weighted by Crippen LogP contribution is -2.24. The fourth-order valence-corrected chi connectivity index (χ4v) is 3.41. The van der Waals surface area contributed by atoms with E-state index in [2.05, 4.69) is 11.1 Å². The third kappa shape index (κ3) is 3.14. The highest BCUT2D eigenvalue weighted by Gasteiger charge is 2.22. The Balaban J connectivity index is 1.81. The van der Waals surface area contributed by atoms with Gasteiger partial charge in [-0.25, -0.2) is 4.39 Å². The Hall–Kier alpha value is -3.27. The molecule has 0 saturated heterocycles. The normalized spacial score (nSPS) is 15.7. The van der Waals surface area contributed by atoms with Crippen LogP contribution in [-0.4, -0.2) is 15.7 Å². The number of hydrogen-bond acceptors (Lipinski definition) is 3. The van der Waals surface area contributed by atoms with E-state index in [1.807, 2.05) is 41.5 Å². The lowest BCUT2D eigenvalue weighted by molar-refractivity contribution is -0.114. The van der Waals surface area contributed by atoms with Crippen LogP contribution >= 0.6 is 0 Å². The van der Waals surface area contributed by atoms with E-state index >= 15 is 0 Å². The summed E-state index contributed by atoms with van der Waals surface area (Å²) in [5.41, 5.74) is 5.79. The van der Waals surface area contributed by atoms with Gasteiger partial charge in [0.25, 0.3) is 0 Å². The van der Waals surface area contributed by atoms with Gasteiger partial charge in [-0.1, -0.05) is 24.3 Å². The summed E-state index contributed by atoms with van der Waals surface area (Å²) < 4.78 is 13.7. The van der Waals surface area contributed by atoms with Crippen molar-refractivity contribution in [3.05, 3.63) is 95.4 Å². The van der Waals surface area contributed by atoms with Crippen molar-refractivity contribution in [2.75, 3.05) is 0 Å². The first-order chi connectivity index (χ1) is 13.0. The van der Waals surface area contributed by atoms with E-state index in [0.717, 1.165) is 34.5 Å². The molecule has 2 aliphatic heterocycles. The standard InChI is InChI=1S/C23H19FN2O/c1-15-13-17(9-11-21(15)24)23-20(6-4-12-25-23)18-8-10-19-5-3-7-22(16(2)27)26(19)14-18/h4-14H,3H2,1-2H3. The maximum atomic E-state index is 13.7. The molecule has 0 N–H and O–H groups in total. The van der Waals surface area contributed by atoms with Crippen LogP contribution in [0.3, 0.4) is 0 Å². The molecule has 0 atom stereocenters. The number of aromatic nitrogens is 1. The molecule has 2 aliphatic rings. The minimum absolute atomic E-state index is 0.0343. The van der Waals surface area contributed by atoms with Gasteiger partial charge in [0.1, 0.15) is 5.82 Å². The Morgan fingerprint density at radius 1 is 1.19 bits per heavy atom. The molecule has 2 aromatic rings. The molecule has 0 saturated carbocycles. The van der Waals surface area contributed by atoms with Crippen molar-refractivity contribution < 1.29 is 9.18 Å². The van der Waals surface area contributed by atoms with Gasteiger partial charge >= 0.3 is 0 Å². The Morgan fingerprint density at radius 3 is 2.81 bits per heavy atom. The molecule has 1 aromatic carbocycles. The number of carbonyl (C=O) groups excluding carboxylic acids is 1. The topological polar surface area (TPSA) is 33.2 Å². The molecule has 0 spiro atoms. The van der Waals surface area contributed by atoms with E-state index in [-0.39, 0.29) is 11.6 Å². The van der Waals surface area contributed by atoms with Crippen molar-refractivity contribution in [3.8, 4) is 11.3 Å². The highest BCUT2D eigenvalue weighted by Crippen LogP contribution is 2.34. The van der Waals surface area contributed by atoms with E-state index in [1.165, 1.54) is 6.07 Å². The molecule has 0 fully saturated rings. The van der Waals surface area contributed by atoms with Gasteiger partial charge in [0.05, 0.1) is 11.4 Å². The first-order valence-electron chi connectivity index (χ1n) is 8.87. The average Bonchev–Trinajstić information content (AvgIpc) is 2.69. The lowest BCUT2D eigenvalue weighted by atomic mass is 9.96. The maximum Gasteiger partial charge on any atom is 0.176 e. The van der Waals surface area contributed by atoms with Crippen LogP contribution in [0.1, 0.15) is 24.5 Å². The Labute approximate surface area is 157 Å². The van der Waals surface area contributed by atoms with Gasteiger partial charge in [0.2, 0.25) is 0 Å². The van der Waals surface area contributed by atoms with Crippen molar-refractivity contribution in [1.82, 2.24) is 9.88 Å². The second kappa shape index (κ2) is 6.80. The zero-order chi connectivity index (χ0) is 19.0. The van der Waals surface area contributed by atoms with Crippen LogP contribution < -0.4 is 0 Å². The van der Waals surface area contributed by atoms with Crippen LogP contribution in [0.2, 0.25) is 0 Å². The van der Waals surface area contributed by atoms with E-state index in [1.54, 1.807) is 32.2 Å². The van der Waals surface area contributed by atoms with Gasteiger partial charge in [-0.2, -0.15) is 0 Å². The maximum absolute atomic E-state index is 13.7. The van der Waals surface area contributed by atoms with Crippen molar-refractivity contribution in [2.24, 2.45) is 0 Å². The number of ketones is 1. The van der Waals surface area contributed by atoms with Crippen molar-refractivity contribution in [3.63, 3.8) is 0 Å². The number of Topliss-reactive ketones (excluding diaryl/α,β-unsaturated/α-hetero) is 1. The van der Waals surface area contributed by atoms with Gasteiger partial charge in [0, 0.05) is 41.7 Å². The van der Waals surface area contributed by atoms with Gasteiger partial charge in [0.15, 0.2) is 5.78 Å². The average molecular weight is 358 g/mol. The van der Waals surface area contributed by atoms with Crippen LogP contribution in [-0.2, 0) is 4.79 Å². The molecule has 3 nitrogen and oxygen atoms in total. The quantitative estimate of drug-likeness (QED) is 0.759. The van der Waals surface area contributed by atoms with Gasteiger partial charge in [-0.05, 0) is 49.2 Å². The lowest BCUT2D eigenvalue weighted by Gasteiger charge is -2.30. The summed E-state index contributed by atoms with van der Waals surface area (Å²) in [4.78, 5) is 18.5. The number of halogens is 1. The van der Waals surface area contributed by atoms with Gasteiger partial charge in [-0.15, -0.1) is 0 Å². The number of aryl methyl sites for hydroxylation is 1. The summed E-state index contributed by atoms with van der Waals surface area (Å²) in [5.74, 6) is -0.195. The van der Waals surface area contributed by atoms with E-state index < -0.39 is 0 Å². The Kier molecular flexibility index (Phi) is 4.32. The number of allylic oxidation sites excluding steroid dienone is 6. The molecule has 4 heteroatoms. The summed E-state index contributed by atoms with van der Waals surface area (Å²) in [6.45, 7) is 3.33. The molecule has 0 unspecified atom stereocenters. The zero-order valence-electron chi connectivity index (χ0n) is 15.2. The van der Waals surface area contributed by atoms with Crippen LogP contribution in [0.5, 0.6) is 0 Å². The largest absolute Gasteiger partial charge is 0.314 e. The third-order valence-electron chi connectivity index (χ3n) is 4.79. The minimum atomic E-state index is -0.229. The van der Waals surface area contributed by atoms with Crippen LogP contribution in [0.15, 0.2) is 78.4 Å². The molecule has 0 radical (unpaired) electrons. The summed E-state index contributed by atoms with van der Waals surface area (Å²) >= 11 is 0. The molecule has 1 aromatic heterocycles. The second-order valence-electron chi connectivity index (χ2n) is 6.66. The molecule has 0 bridgehead atoms. The van der Waals surface area contributed by atoms with Crippen molar-refractivity contribution in [1.29, 1.82) is 0 Å². The van der Waals surface area contributed by atoms with E-state index in [4.69, 9.17) is 0 Å². The Bertz CT molecular complexity index is 1060. The number of hydrogen-bond donors (Lipinski definition) is 0. The fourth-order valence-electron chi connectivity index (χ4n) is 3.41. The monoisotopic (exact) mass is 358 g/mol. The number of carbonyl (C=O) groups is 1. The van der Waals surface area contributed by atoms with Gasteiger partial charge in [-0.3, -0.25) is 9.78 Å². The number of fused-ring (bicyclic) bond motifs is 1. The van der Waals surface area contributed by atoms with E-state index in [9.17, 15) is 9.18 Å². The summed E-state index contributed by atoms with van der Waals surface area (Å²) in [6.07, 6.45) is 12.5. The highest BCUT2D eigenvalue weighted by atomic mass is 19.1. The SMILES string of the molecule is CC(=O)C1=CCC=C2C=CC(c3cccnc3-c3ccc(F)c(C)c3)=CN21. The second-order valence-corrected chi connectivity index (χ2v) is 6.66. The van der Waals surface area contributed by atoms with E-state index in [0.29, 0.717) is 11.3 Å². The van der Waals surface area contributed by atoms with Crippen LogP contribution in [0, 0.1) is 12.7 Å². The molecule has 0 aliphatic carbocycles. The molecule has 4 rings (SSSR count). The molecule has 0 amide bonds. The van der Waals surface area contributed by atoms with Gasteiger partial charge < -0.3 is 4.90 Å². The first-order valence-corrected chi connectivity index (χ1v) is 8.87. The number of pyridine rings is 1. The number of nitrogens with zero attached hydrogens (tertiary/aromatic N) is 2. The van der Waals surface area contributed by atoms with Crippen molar-refractivity contribution in [2.45, 2.75) is 20.3 Å². The highest BCUT2D eigenvalue weighted by molar-refractivity contribution is 5.95. The number of rotatable bonds is 3. The minimum Gasteiger partial charge on any atom is -0.314 e. The molecular weight excluding hydrogens is 339 g/mol. The third-order valence-corrected chi connectivity index (χ3v) is 4.79. The predicted molar refractivity (Wildman–Crippen MR) is 105 cm³/mol. The molecule has 3 heterocycles. The van der Waals surface area contributed by atoms with Crippen LogP contribution in [0.25, 0.3) is 16.8 Å². The zero-order valence-corrected chi connectivity index (χ0v) is 15.2. The Morgan fingerprint density at radius 2 is 2.04 bits per heavy atom. The fraction of sp³-hybridized carbons (Fsp3) is 0.130. The smallest absolute Gasteiger partial charge is 0.176 e. The summed E-state index contributed by atoms with van der Waals surface area (Å²) in [7, 11) is 0. The van der Waals surface area contributed by atoms with Crippen LogP contribution in [0.4, 0.5) is 4.39 Å². The predicted octanol–water partition coefficient (Wildman–Crippen LogP) is 5.17. The molecular formula is C23H19FN2O. The number of benzene rings is 1. The summed E-state index contributed by atoms with van der Waals surface area (Å²) in [6, 6.07) is 8.90.